The van der Waals surface area contributed by atoms with Crippen LogP contribution in [0, 0.1) is 0 Å². The van der Waals surface area contributed by atoms with Gasteiger partial charge in [-0.05, 0) is 109 Å². The largest absolute Gasteiger partial charge is 0.456 e. The Morgan fingerprint density at radius 1 is 0.271 bits per heavy atom. The molecule has 0 saturated heterocycles. The average Bonchev–Trinajstić information content (AvgIpc) is 4.04. The Morgan fingerprint density at radius 2 is 0.678 bits per heavy atom. The van der Waals surface area contributed by atoms with Crippen molar-refractivity contribution in [3.8, 4) is 11.4 Å². The molecule has 9 aromatic carbocycles. The van der Waals surface area contributed by atoms with Crippen LogP contribution in [-0.4, -0.2) is 9.13 Å². The fourth-order valence-electron chi connectivity index (χ4n) is 9.49. The zero-order valence-corrected chi connectivity index (χ0v) is 32.6. The molecule has 0 aliphatic carbocycles. The molecule has 13 rings (SSSR count). The van der Waals surface area contributed by atoms with E-state index >= 15 is 0 Å². The summed E-state index contributed by atoms with van der Waals surface area (Å²) in [5.74, 6) is 0. The molecule has 4 nitrogen and oxygen atoms in total. The van der Waals surface area contributed by atoms with Gasteiger partial charge in [0.25, 0.3) is 0 Å². The number of fused-ring (bicyclic) bond motifs is 12. The van der Waals surface area contributed by atoms with Gasteiger partial charge in [0.2, 0.25) is 0 Å². The van der Waals surface area contributed by atoms with Gasteiger partial charge in [0.1, 0.15) is 22.3 Å². The zero-order valence-electron chi connectivity index (χ0n) is 31.7. The van der Waals surface area contributed by atoms with E-state index in [1.807, 2.05) is 24.3 Å². The van der Waals surface area contributed by atoms with Gasteiger partial charge in [-0.3, -0.25) is 0 Å². The van der Waals surface area contributed by atoms with Gasteiger partial charge in [0.15, 0.2) is 0 Å². The number of benzene rings is 9. The van der Waals surface area contributed by atoms with Crippen molar-refractivity contribution in [1.82, 2.24) is 9.13 Å². The van der Waals surface area contributed by atoms with Crippen LogP contribution in [0.15, 0.2) is 209 Å². The molecular formula is C54H33N2O2P. The highest BCUT2D eigenvalue weighted by molar-refractivity contribution is 7.79. The fourth-order valence-corrected chi connectivity index (χ4v) is 11.8. The maximum absolute atomic E-state index is 6.21. The number of aromatic nitrogens is 2. The smallest absolute Gasteiger partial charge is 0.135 e. The molecule has 5 heteroatoms. The van der Waals surface area contributed by atoms with Crippen molar-refractivity contribution in [2.45, 2.75) is 0 Å². The van der Waals surface area contributed by atoms with Crippen molar-refractivity contribution in [3.63, 3.8) is 0 Å². The summed E-state index contributed by atoms with van der Waals surface area (Å²) in [5.41, 5.74) is 10.6. The molecule has 0 spiro atoms. The van der Waals surface area contributed by atoms with Crippen molar-refractivity contribution < 1.29 is 8.83 Å². The van der Waals surface area contributed by atoms with Gasteiger partial charge in [-0.1, -0.05) is 115 Å². The second-order valence-electron chi connectivity index (χ2n) is 15.3. The molecule has 0 aliphatic heterocycles. The van der Waals surface area contributed by atoms with Crippen molar-refractivity contribution in [2.24, 2.45) is 0 Å². The van der Waals surface area contributed by atoms with E-state index in [9.17, 15) is 0 Å². The van der Waals surface area contributed by atoms with Crippen LogP contribution in [0.3, 0.4) is 0 Å². The summed E-state index contributed by atoms with van der Waals surface area (Å²) in [4.78, 5) is 0. The number of hydrogen-bond acceptors (Lipinski definition) is 2. The lowest BCUT2D eigenvalue weighted by Crippen LogP contribution is -2.20. The van der Waals surface area contributed by atoms with E-state index in [1.165, 1.54) is 59.5 Å². The minimum absolute atomic E-state index is 0.902. The van der Waals surface area contributed by atoms with Gasteiger partial charge in [-0.2, -0.15) is 0 Å². The van der Waals surface area contributed by atoms with E-state index in [0.717, 1.165) is 55.3 Å². The van der Waals surface area contributed by atoms with Gasteiger partial charge in [0.05, 0.1) is 22.1 Å². The molecule has 0 fully saturated rings. The molecular weight excluding hydrogens is 740 g/mol. The van der Waals surface area contributed by atoms with Crippen LogP contribution in [0.25, 0.3) is 98.9 Å². The number of para-hydroxylation sites is 4. The highest BCUT2D eigenvalue weighted by Crippen LogP contribution is 2.41. The van der Waals surface area contributed by atoms with Crippen LogP contribution in [-0.2, 0) is 0 Å². The predicted octanol–water partition coefficient (Wildman–Crippen LogP) is 13.4. The Labute approximate surface area is 339 Å². The lowest BCUT2D eigenvalue weighted by molar-refractivity contribution is 0.668. The first kappa shape index (κ1) is 32.7. The van der Waals surface area contributed by atoms with E-state index in [2.05, 4.69) is 185 Å². The molecule has 0 bridgehead atoms. The summed E-state index contributed by atoms with van der Waals surface area (Å²) in [7, 11) is -0.911. The minimum atomic E-state index is -0.911. The Balaban J connectivity index is 0.999. The molecule has 4 heterocycles. The monoisotopic (exact) mass is 772 g/mol. The first-order valence-electron chi connectivity index (χ1n) is 20.0. The van der Waals surface area contributed by atoms with E-state index in [0.29, 0.717) is 0 Å². The highest BCUT2D eigenvalue weighted by atomic mass is 31.1. The summed E-state index contributed by atoms with van der Waals surface area (Å²) < 4.78 is 17.2. The maximum Gasteiger partial charge on any atom is 0.135 e. The van der Waals surface area contributed by atoms with Crippen LogP contribution in [0.1, 0.15) is 0 Å². The molecule has 0 unspecified atom stereocenters. The first-order valence-corrected chi connectivity index (χ1v) is 21.3. The Kier molecular flexibility index (Phi) is 6.95. The quantitative estimate of drug-likeness (QED) is 0.163. The molecule has 0 saturated carbocycles. The maximum atomic E-state index is 6.21. The molecule has 4 aromatic heterocycles. The van der Waals surface area contributed by atoms with Crippen molar-refractivity contribution in [1.29, 1.82) is 0 Å². The summed E-state index contributed by atoms with van der Waals surface area (Å²) >= 11 is 0. The lowest BCUT2D eigenvalue weighted by Gasteiger charge is -2.20. The summed E-state index contributed by atoms with van der Waals surface area (Å²) in [6.07, 6.45) is 0. The standard InChI is InChI=1S/C54H33N2O2P/c1-2-12-36(13-3-1)59(37-24-26-49-43(32-37)39-14-4-8-18-47(39)55(49)34-22-28-53-45(30-34)41-16-6-10-20-51(41)57-53)38-25-27-50-44(33-38)40-15-5-9-19-48(40)56(50)35-23-29-54-46(31-35)42-17-7-11-21-52(42)58-54/h1-33H. The minimum Gasteiger partial charge on any atom is -0.456 e. The molecule has 0 aliphatic rings. The van der Waals surface area contributed by atoms with E-state index in [1.54, 1.807) is 0 Å². The van der Waals surface area contributed by atoms with Crippen LogP contribution in [0.5, 0.6) is 0 Å². The average molecular weight is 773 g/mol. The van der Waals surface area contributed by atoms with Crippen LogP contribution < -0.4 is 15.9 Å². The fraction of sp³-hybridized carbons (Fsp3) is 0. The molecule has 0 N–H and O–H groups in total. The predicted molar refractivity (Wildman–Crippen MR) is 248 cm³/mol. The Bertz CT molecular complexity index is 3580. The molecule has 0 amide bonds. The van der Waals surface area contributed by atoms with Crippen molar-refractivity contribution in [2.75, 3.05) is 0 Å². The van der Waals surface area contributed by atoms with Crippen LogP contribution >= 0.6 is 7.92 Å². The van der Waals surface area contributed by atoms with Crippen LogP contribution in [0.2, 0.25) is 0 Å². The number of hydrogen-bond donors (Lipinski definition) is 0. The normalized spacial score (nSPS) is 12.2. The molecule has 59 heavy (non-hydrogen) atoms. The third kappa shape index (κ3) is 4.88. The van der Waals surface area contributed by atoms with Crippen LogP contribution in [0.4, 0.5) is 0 Å². The highest BCUT2D eigenvalue weighted by Gasteiger charge is 2.22. The molecule has 276 valence electrons. The van der Waals surface area contributed by atoms with E-state index < -0.39 is 7.92 Å². The van der Waals surface area contributed by atoms with Gasteiger partial charge >= 0.3 is 0 Å². The van der Waals surface area contributed by atoms with Crippen molar-refractivity contribution >= 4 is 111 Å². The van der Waals surface area contributed by atoms with Gasteiger partial charge < -0.3 is 18.0 Å². The van der Waals surface area contributed by atoms with Gasteiger partial charge in [-0.15, -0.1) is 0 Å². The topological polar surface area (TPSA) is 36.1 Å². The zero-order chi connectivity index (χ0) is 38.6. The van der Waals surface area contributed by atoms with Gasteiger partial charge in [-0.25, -0.2) is 0 Å². The molecule has 0 radical (unpaired) electrons. The number of rotatable bonds is 5. The number of furan rings is 2. The number of nitrogens with zero attached hydrogens (tertiary/aromatic N) is 2. The Hall–Kier alpha value is -7.39. The third-order valence-electron chi connectivity index (χ3n) is 12.1. The van der Waals surface area contributed by atoms with E-state index in [-0.39, 0.29) is 0 Å². The Morgan fingerprint density at radius 3 is 1.19 bits per heavy atom. The lowest BCUT2D eigenvalue weighted by atomic mass is 10.1. The summed E-state index contributed by atoms with van der Waals surface area (Å²) in [6.45, 7) is 0. The molecule has 0 atom stereocenters. The second kappa shape index (κ2) is 12.6. The first-order chi connectivity index (χ1) is 29.2. The van der Waals surface area contributed by atoms with Crippen molar-refractivity contribution in [3.05, 3.63) is 200 Å². The third-order valence-corrected chi connectivity index (χ3v) is 14.5. The van der Waals surface area contributed by atoms with E-state index in [4.69, 9.17) is 8.83 Å². The second-order valence-corrected chi connectivity index (χ2v) is 17.6. The van der Waals surface area contributed by atoms with Gasteiger partial charge in [0, 0.05) is 54.5 Å². The SMILES string of the molecule is c1ccc(P(c2ccc3c(c2)c2ccccc2n3-c2ccc3oc4ccccc4c3c2)c2ccc3c(c2)c2ccccc2n3-c2ccc3oc4ccccc4c3c2)cc1. The molecule has 13 aromatic rings. The summed E-state index contributed by atoms with van der Waals surface area (Å²) in [6, 6.07) is 72.7. The summed E-state index contributed by atoms with van der Waals surface area (Å²) in [5, 5.41) is 13.5.